The minimum Gasteiger partial charge on any atom is -0.378 e. The van der Waals surface area contributed by atoms with E-state index in [-0.39, 0.29) is 10.9 Å². The Balaban J connectivity index is 3.26. The van der Waals surface area contributed by atoms with Crippen molar-refractivity contribution in [1.82, 2.24) is 4.31 Å². The van der Waals surface area contributed by atoms with Gasteiger partial charge in [-0.15, -0.1) is 0 Å². The molecule has 1 rings (SSSR count). The van der Waals surface area contributed by atoms with Crippen LogP contribution in [0.2, 0.25) is 0 Å². The number of anilines is 1. The number of benzene rings is 1. The Labute approximate surface area is 115 Å². The Morgan fingerprint density at radius 1 is 1.26 bits per heavy atom. The first-order valence-electron chi connectivity index (χ1n) is 6.14. The summed E-state index contributed by atoms with van der Waals surface area (Å²) in [5.41, 5.74) is 6.08. The van der Waals surface area contributed by atoms with Crippen LogP contribution in [0.3, 0.4) is 0 Å². The maximum Gasteiger partial charge on any atom is 0.244 e. The zero-order valence-electron chi connectivity index (χ0n) is 12.1. The highest BCUT2D eigenvalue weighted by Gasteiger charge is 2.27. The van der Waals surface area contributed by atoms with Gasteiger partial charge in [0.1, 0.15) is 4.90 Å². The second kappa shape index (κ2) is 5.48. The van der Waals surface area contributed by atoms with Gasteiger partial charge >= 0.3 is 0 Å². The van der Waals surface area contributed by atoms with Crippen LogP contribution >= 0.6 is 0 Å². The first kappa shape index (κ1) is 15.9. The standard InChI is InChI=1S/C13H23N3O2S/c1-10(14)13(2,3)15-11-8-6-7-9-12(11)19(17,18)16(4)5/h6-10,15H,14H2,1-5H3. The predicted molar refractivity (Wildman–Crippen MR) is 78.7 cm³/mol. The summed E-state index contributed by atoms with van der Waals surface area (Å²) >= 11 is 0. The highest BCUT2D eigenvalue weighted by Crippen LogP contribution is 2.26. The summed E-state index contributed by atoms with van der Waals surface area (Å²) in [5.74, 6) is 0. The van der Waals surface area contributed by atoms with Crippen LogP contribution in [0.1, 0.15) is 20.8 Å². The van der Waals surface area contributed by atoms with Gasteiger partial charge in [-0.1, -0.05) is 12.1 Å². The van der Waals surface area contributed by atoms with Crippen LogP contribution in [0.5, 0.6) is 0 Å². The predicted octanol–water partition coefficient (Wildman–Crippen LogP) is 1.47. The van der Waals surface area contributed by atoms with E-state index in [1.54, 1.807) is 24.3 Å². The summed E-state index contributed by atoms with van der Waals surface area (Å²) in [7, 11) is -0.442. The molecule has 1 aromatic carbocycles. The first-order valence-corrected chi connectivity index (χ1v) is 7.58. The number of nitrogens with one attached hydrogen (secondary N) is 1. The van der Waals surface area contributed by atoms with Crippen molar-refractivity contribution in [2.24, 2.45) is 5.73 Å². The molecular formula is C13H23N3O2S. The molecule has 1 aromatic rings. The number of sulfonamides is 1. The lowest BCUT2D eigenvalue weighted by Crippen LogP contribution is -2.47. The van der Waals surface area contributed by atoms with Gasteiger partial charge in [0.05, 0.1) is 5.69 Å². The topological polar surface area (TPSA) is 75.4 Å². The summed E-state index contributed by atoms with van der Waals surface area (Å²) in [6, 6.07) is 6.73. The molecule has 1 unspecified atom stereocenters. The van der Waals surface area contributed by atoms with E-state index in [0.29, 0.717) is 5.69 Å². The molecule has 19 heavy (non-hydrogen) atoms. The molecule has 0 saturated heterocycles. The van der Waals surface area contributed by atoms with Gasteiger partial charge in [-0.05, 0) is 32.9 Å². The number of para-hydroxylation sites is 1. The molecule has 0 aliphatic rings. The van der Waals surface area contributed by atoms with Crippen molar-refractivity contribution in [3.05, 3.63) is 24.3 Å². The van der Waals surface area contributed by atoms with E-state index in [1.165, 1.54) is 18.4 Å². The first-order chi connectivity index (χ1) is 8.59. The highest BCUT2D eigenvalue weighted by atomic mass is 32.2. The molecule has 5 nitrogen and oxygen atoms in total. The van der Waals surface area contributed by atoms with Crippen molar-refractivity contribution in [2.45, 2.75) is 37.2 Å². The molecule has 3 N–H and O–H groups in total. The SMILES string of the molecule is CC(N)C(C)(C)Nc1ccccc1S(=O)(=O)N(C)C. The lowest BCUT2D eigenvalue weighted by Gasteiger charge is -2.32. The van der Waals surface area contributed by atoms with Crippen LogP contribution < -0.4 is 11.1 Å². The maximum absolute atomic E-state index is 12.3. The summed E-state index contributed by atoms with van der Waals surface area (Å²) < 4.78 is 25.7. The fraction of sp³-hybridized carbons (Fsp3) is 0.538. The van der Waals surface area contributed by atoms with E-state index in [9.17, 15) is 8.42 Å². The molecule has 0 amide bonds. The molecule has 0 fully saturated rings. The zero-order chi connectivity index (χ0) is 14.8. The second-order valence-electron chi connectivity index (χ2n) is 5.42. The van der Waals surface area contributed by atoms with Crippen LogP contribution in [-0.4, -0.2) is 38.4 Å². The third kappa shape index (κ3) is 3.46. The van der Waals surface area contributed by atoms with Crippen LogP contribution in [0.25, 0.3) is 0 Å². The van der Waals surface area contributed by atoms with E-state index in [0.717, 1.165) is 0 Å². The van der Waals surface area contributed by atoms with E-state index in [1.807, 2.05) is 20.8 Å². The summed E-state index contributed by atoms with van der Waals surface area (Å²) in [6.07, 6.45) is 0. The van der Waals surface area contributed by atoms with Crippen LogP contribution in [-0.2, 0) is 10.0 Å². The fourth-order valence-corrected chi connectivity index (χ4v) is 2.49. The van der Waals surface area contributed by atoms with Gasteiger partial charge in [0.15, 0.2) is 0 Å². The molecule has 0 bridgehead atoms. The third-order valence-corrected chi connectivity index (χ3v) is 5.11. The molecule has 0 spiro atoms. The summed E-state index contributed by atoms with van der Waals surface area (Å²) in [5, 5.41) is 3.22. The minimum atomic E-state index is -3.48. The number of hydrogen-bond donors (Lipinski definition) is 2. The van der Waals surface area contributed by atoms with Gasteiger partial charge in [-0.2, -0.15) is 0 Å². The Bertz CT molecular complexity index is 537. The monoisotopic (exact) mass is 285 g/mol. The molecule has 0 aromatic heterocycles. The molecule has 6 heteroatoms. The van der Waals surface area contributed by atoms with Gasteiger partial charge in [0.2, 0.25) is 10.0 Å². The average Bonchev–Trinajstić information content (AvgIpc) is 2.28. The van der Waals surface area contributed by atoms with Crippen LogP contribution in [0.15, 0.2) is 29.2 Å². The van der Waals surface area contributed by atoms with Crippen molar-refractivity contribution in [1.29, 1.82) is 0 Å². The molecule has 0 aliphatic carbocycles. The van der Waals surface area contributed by atoms with E-state index >= 15 is 0 Å². The lowest BCUT2D eigenvalue weighted by atomic mass is 9.96. The number of nitrogens with zero attached hydrogens (tertiary/aromatic N) is 1. The zero-order valence-corrected chi connectivity index (χ0v) is 13.0. The lowest BCUT2D eigenvalue weighted by molar-refractivity contribution is 0.469. The van der Waals surface area contributed by atoms with Crippen LogP contribution in [0.4, 0.5) is 5.69 Å². The minimum absolute atomic E-state index is 0.123. The van der Waals surface area contributed by atoms with Crippen molar-refractivity contribution >= 4 is 15.7 Å². The Hall–Kier alpha value is -1.11. The molecule has 0 heterocycles. The van der Waals surface area contributed by atoms with Crippen molar-refractivity contribution in [2.75, 3.05) is 19.4 Å². The molecule has 0 aliphatic heterocycles. The molecular weight excluding hydrogens is 262 g/mol. The average molecular weight is 285 g/mol. The van der Waals surface area contributed by atoms with E-state index < -0.39 is 15.6 Å². The number of hydrogen-bond acceptors (Lipinski definition) is 4. The van der Waals surface area contributed by atoms with E-state index in [4.69, 9.17) is 5.73 Å². The van der Waals surface area contributed by atoms with Gasteiger partial charge < -0.3 is 11.1 Å². The second-order valence-corrected chi connectivity index (χ2v) is 7.54. The highest BCUT2D eigenvalue weighted by molar-refractivity contribution is 7.89. The summed E-state index contributed by atoms with van der Waals surface area (Å²) in [4.78, 5) is 0.258. The fourth-order valence-electron chi connectivity index (χ4n) is 1.45. The van der Waals surface area contributed by atoms with Crippen molar-refractivity contribution in [3.63, 3.8) is 0 Å². The molecule has 0 saturated carbocycles. The number of nitrogens with two attached hydrogens (primary N) is 1. The Morgan fingerprint density at radius 3 is 2.26 bits per heavy atom. The number of rotatable bonds is 5. The largest absolute Gasteiger partial charge is 0.378 e. The Morgan fingerprint density at radius 2 is 1.79 bits per heavy atom. The molecule has 108 valence electrons. The summed E-state index contributed by atoms with van der Waals surface area (Å²) in [6.45, 7) is 5.77. The smallest absolute Gasteiger partial charge is 0.244 e. The maximum atomic E-state index is 12.3. The van der Waals surface area contributed by atoms with Crippen molar-refractivity contribution < 1.29 is 8.42 Å². The normalized spacial score (nSPS) is 14.5. The molecule has 0 radical (unpaired) electrons. The molecule has 1 atom stereocenters. The van der Waals surface area contributed by atoms with Gasteiger partial charge in [-0.25, -0.2) is 12.7 Å². The quantitative estimate of drug-likeness (QED) is 0.859. The van der Waals surface area contributed by atoms with Gasteiger partial charge in [-0.3, -0.25) is 0 Å². The Kier molecular flexibility index (Phi) is 4.60. The van der Waals surface area contributed by atoms with Gasteiger partial charge in [0.25, 0.3) is 0 Å². The third-order valence-electron chi connectivity index (χ3n) is 3.24. The van der Waals surface area contributed by atoms with Gasteiger partial charge in [0, 0.05) is 25.7 Å². The van der Waals surface area contributed by atoms with Crippen LogP contribution in [0, 0.1) is 0 Å². The van der Waals surface area contributed by atoms with Crippen molar-refractivity contribution in [3.8, 4) is 0 Å². The van der Waals surface area contributed by atoms with E-state index in [2.05, 4.69) is 5.32 Å².